The van der Waals surface area contributed by atoms with E-state index in [-0.39, 0.29) is 28.5 Å². The third-order valence-corrected chi connectivity index (χ3v) is 4.72. The fourth-order valence-corrected chi connectivity index (χ4v) is 3.27. The van der Waals surface area contributed by atoms with Crippen LogP contribution in [0.4, 0.5) is 5.82 Å². The molecule has 0 fully saturated rings. The Kier molecular flexibility index (Phi) is 4.03. The maximum atomic E-state index is 12.8. The number of carbonyl (C=O) groups excluding carboxylic acids is 1. The SMILES string of the molecule is Cc1cc(NC(=O)c2cc(=O)c3ccccc3o2)n(-c2nc3c(cnn3C)c(=O)[nH]2)n1. The number of hydrogen-bond donors (Lipinski definition) is 2. The van der Waals surface area contributed by atoms with Crippen LogP contribution in [0.3, 0.4) is 0 Å². The standard InChI is InChI=1S/C20H15N7O4/c1-10-7-16(22-19(30)15-8-13(28)11-5-3-4-6-14(11)31-15)27(25-10)20-23-17-12(18(29)24-20)9-21-26(17)2/h3-9H,1-2H3,(H,22,30)(H,23,24,29). The molecule has 0 aliphatic carbocycles. The summed E-state index contributed by atoms with van der Waals surface area (Å²) in [4.78, 5) is 44.5. The molecule has 0 saturated carbocycles. The van der Waals surface area contributed by atoms with Gasteiger partial charge >= 0.3 is 0 Å². The average Bonchev–Trinajstić information content (AvgIpc) is 3.30. The van der Waals surface area contributed by atoms with Crippen molar-refractivity contribution in [3.8, 4) is 5.95 Å². The zero-order chi connectivity index (χ0) is 21.7. The monoisotopic (exact) mass is 417 g/mol. The highest BCUT2D eigenvalue weighted by atomic mass is 16.3. The number of nitrogens with one attached hydrogen (secondary N) is 2. The number of fused-ring (bicyclic) bond motifs is 2. The van der Waals surface area contributed by atoms with E-state index in [0.29, 0.717) is 27.7 Å². The number of rotatable bonds is 3. The third-order valence-electron chi connectivity index (χ3n) is 4.72. The number of hydrogen-bond acceptors (Lipinski definition) is 7. The Balaban J connectivity index is 1.56. The predicted octanol–water partition coefficient (Wildman–Crippen LogP) is 1.51. The van der Waals surface area contributed by atoms with E-state index in [1.807, 2.05) is 0 Å². The molecule has 0 aliphatic heterocycles. The molecule has 4 aromatic heterocycles. The van der Waals surface area contributed by atoms with Crippen LogP contribution in [-0.2, 0) is 7.05 Å². The maximum absolute atomic E-state index is 12.8. The highest BCUT2D eigenvalue weighted by Crippen LogP contribution is 2.18. The summed E-state index contributed by atoms with van der Waals surface area (Å²) in [6.07, 6.45) is 1.42. The lowest BCUT2D eigenvalue weighted by atomic mass is 10.2. The van der Waals surface area contributed by atoms with Gasteiger partial charge in [0.2, 0.25) is 5.95 Å². The number of aromatic amines is 1. The number of nitrogens with zero attached hydrogens (tertiary/aromatic N) is 5. The normalized spacial score (nSPS) is 11.3. The molecule has 1 aromatic carbocycles. The summed E-state index contributed by atoms with van der Waals surface area (Å²) in [6.45, 7) is 1.73. The molecular weight excluding hydrogens is 402 g/mol. The van der Waals surface area contributed by atoms with Crippen molar-refractivity contribution in [1.29, 1.82) is 0 Å². The quantitative estimate of drug-likeness (QED) is 0.453. The number of anilines is 1. The van der Waals surface area contributed by atoms with Gasteiger partial charge in [0.15, 0.2) is 16.8 Å². The van der Waals surface area contributed by atoms with Gasteiger partial charge < -0.3 is 9.73 Å². The van der Waals surface area contributed by atoms with Gasteiger partial charge in [0.1, 0.15) is 16.8 Å². The molecule has 5 aromatic rings. The highest BCUT2D eigenvalue weighted by Gasteiger charge is 2.18. The van der Waals surface area contributed by atoms with Crippen molar-refractivity contribution < 1.29 is 9.21 Å². The Hall–Kier alpha value is -4.54. The summed E-state index contributed by atoms with van der Waals surface area (Å²) in [6, 6.07) is 9.39. The van der Waals surface area contributed by atoms with Gasteiger partial charge in [-0.3, -0.25) is 24.0 Å². The van der Waals surface area contributed by atoms with Gasteiger partial charge in [-0.15, -0.1) is 0 Å². The van der Waals surface area contributed by atoms with E-state index in [2.05, 4.69) is 25.5 Å². The molecule has 31 heavy (non-hydrogen) atoms. The zero-order valence-corrected chi connectivity index (χ0v) is 16.4. The van der Waals surface area contributed by atoms with Crippen LogP contribution in [0.2, 0.25) is 0 Å². The van der Waals surface area contributed by atoms with Crippen LogP contribution in [0, 0.1) is 6.92 Å². The molecule has 0 aliphatic rings. The van der Waals surface area contributed by atoms with Crippen molar-refractivity contribution in [2.45, 2.75) is 6.92 Å². The van der Waals surface area contributed by atoms with Crippen LogP contribution < -0.4 is 16.3 Å². The molecule has 1 amide bonds. The van der Waals surface area contributed by atoms with Gasteiger partial charge in [0.25, 0.3) is 11.5 Å². The molecular formula is C20H15N7O4. The predicted molar refractivity (Wildman–Crippen MR) is 111 cm³/mol. The van der Waals surface area contributed by atoms with Crippen molar-refractivity contribution in [1.82, 2.24) is 29.5 Å². The van der Waals surface area contributed by atoms with Gasteiger partial charge in [0, 0.05) is 19.2 Å². The minimum absolute atomic E-state index is 0.101. The van der Waals surface area contributed by atoms with Crippen molar-refractivity contribution in [3.63, 3.8) is 0 Å². The van der Waals surface area contributed by atoms with Crippen molar-refractivity contribution in [2.75, 3.05) is 5.32 Å². The van der Waals surface area contributed by atoms with Crippen LogP contribution in [-0.4, -0.2) is 35.4 Å². The van der Waals surface area contributed by atoms with E-state index in [0.717, 1.165) is 6.07 Å². The number of aryl methyl sites for hydroxylation is 2. The van der Waals surface area contributed by atoms with Crippen LogP contribution >= 0.6 is 0 Å². The molecule has 154 valence electrons. The summed E-state index contributed by atoms with van der Waals surface area (Å²) in [7, 11) is 1.66. The van der Waals surface area contributed by atoms with Gasteiger partial charge in [-0.25, -0.2) is 0 Å². The topological polar surface area (TPSA) is 141 Å². The first-order valence-electron chi connectivity index (χ1n) is 9.24. The Bertz CT molecular complexity index is 1610. The van der Waals surface area contributed by atoms with Crippen molar-refractivity contribution >= 4 is 33.7 Å². The van der Waals surface area contributed by atoms with Crippen molar-refractivity contribution in [2.24, 2.45) is 7.05 Å². The van der Waals surface area contributed by atoms with Gasteiger partial charge in [-0.1, -0.05) is 12.1 Å². The number of amides is 1. The van der Waals surface area contributed by atoms with Crippen LogP contribution in [0.25, 0.3) is 28.0 Å². The minimum Gasteiger partial charge on any atom is -0.451 e. The molecule has 0 unspecified atom stereocenters. The molecule has 2 N–H and O–H groups in total. The number of para-hydroxylation sites is 1. The first kappa shape index (κ1) is 18.5. The van der Waals surface area contributed by atoms with E-state index >= 15 is 0 Å². The molecule has 5 rings (SSSR count). The Morgan fingerprint density at radius 3 is 2.81 bits per heavy atom. The summed E-state index contributed by atoms with van der Waals surface area (Å²) < 4.78 is 8.34. The summed E-state index contributed by atoms with van der Waals surface area (Å²) in [5.74, 6) is -0.460. The van der Waals surface area contributed by atoms with E-state index in [1.54, 1.807) is 44.3 Å². The Labute approximate surface area is 172 Å². The van der Waals surface area contributed by atoms with Crippen LogP contribution in [0.1, 0.15) is 16.2 Å². The maximum Gasteiger partial charge on any atom is 0.292 e. The van der Waals surface area contributed by atoms with E-state index in [9.17, 15) is 14.4 Å². The van der Waals surface area contributed by atoms with Crippen LogP contribution in [0.15, 0.2) is 56.6 Å². The number of aromatic nitrogens is 6. The molecule has 11 heteroatoms. The molecule has 0 atom stereocenters. The summed E-state index contributed by atoms with van der Waals surface area (Å²) in [5, 5.41) is 11.7. The second kappa shape index (κ2) is 6.76. The summed E-state index contributed by atoms with van der Waals surface area (Å²) >= 11 is 0. The second-order valence-electron chi connectivity index (χ2n) is 6.90. The second-order valence-corrected chi connectivity index (χ2v) is 6.90. The fraction of sp³-hybridized carbons (Fsp3) is 0.100. The molecule has 0 bridgehead atoms. The van der Waals surface area contributed by atoms with E-state index in [4.69, 9.17) is 4.42 Å². The number of carbonyl (C=O) groups is 1. The summed E-state index contributed by atoms with van der Waals surface area (Å²) in [5.41, 5.74) is 0.522. The van der Waals surface area contributed by atoms with Gasteiger partial charge in [0.05, 0.1) is 17.3 Å². The van der Waals surface area contributed by atoms with E-state index < -0.39 is 5.91 Å². The lowest BCUT2D eigenvalue weighted by molar-refractivity contribution is 0.0996. The van der Waals surface area contributed by atoms with Gasteiger partial charge in [-0.2, -0.15) is 19.9 Å². The molecule has 0 saturated heterocycles. The number of H-pyrrole nitrogens is 1. The highest BCUT2D eigenvalue weighted by molar-refractivity contribution is 6.02. The Morgan fingerprint density at radius 2 is 1.97 bits per heavy atom. The van der Waals surface area contributed by atoms with Crippen molar-refractivity contribution in [3.05, 3.63) is 74.6 Å². The lowest BCUT2D eigenvalue weighted by Gasteiger charge is -2.08. The first-order chi connectivity index (χ1) is 14.9. The minimum atomic E-state index is -0.645. The molecule has 0 radical (unpaired) electrons. The smallest absolute Gasteiger partial charge is 0.292 e. The third kappa shape index (κ3) is 3.08. The van der Waals surface area contributed by atoms with E-state index in [1.165, 1.54) is 15.6 Å². The largest absolute Gasteiger partial charge is 0.451 e. The van der Waals surface area contributed by atoms with Crippen LogP contribution in [0.5, 0.6) is 0 Å². The Morgan fingerprint density at radius 1 is 1.16 bits per heavy atom. The zero-order valence-electron chi connectivity index (χ0n) is 16.4. The first-order valence-corrected chi connectivity index (χ1v) is 9.24. The lowest BCUT2D eigenvalue weighted by Crippen LogP contribution is -2.20. The average molecular weight is 417 g/mol. The molecule has 11 nitrogen and oxygen atoms in total. The fourth-order valence-electron chi connectivity index (χ4n) is 3.27. The molecule has 4 heterocycles. The molecule has 0 spiro atoms. The number of benzene rings is 1. The van der Waals surface area contributed by atoms with Gasteiger partial charge in [-0.05, 0) is 19.1 Å².